The molecule has 6 heteroatoms. The van der Waals surface area contributed by atoms with Gasteiger partial charge in [0, 0.05) is 16.9 Å². The van der Waals surface area contributed by atoms with Crippen LogP contribution in [0.3, 0.4) is 0 Å². The molecule has 0 fully saturated rings. The van der Waals surface area contributed by atoms with Gasteiger partial charge in [-0.05, 0) is 18.1 Å². The predicted octanol–water partition coefficient (Wildman–Crippen LogP) is 4.01. The van der Waals surface area contributed by atoms with Gasteiger partial charge in [0.2, 0.25) is 11.0 Å². The number of nitrogens with one attached hydrogen (secondary N) is 1. The summed E-state index contributed by atoms with van der Waals surface area (Å²) in [6, 6.07) is 17.1. The zero-order valence-corrected chi connectivity index (χ0v) is 16.4. The molecule has 0 bridgehead atoms. The van der Waals surface area contributed by atoms with Crippen LogP contribution in [0.5, 0.6) is 0 Å². The third-order valence-electron chi connectivity index (χ3n) is 3.98. The number of carbonyl (C=O) groups excluding carboxylic acids is 2. The molecular formula is C22H23NO4S. The van der Waals surface area contributed by atoms with Gasteiger partial charge in [-0.3, -0.25) is 9.59 Å². The summed E-state index contributed by atoms with van der Waals surface area (Å²) in [6.45, 7) is 1.86. The molecule has 0 heterocycles. The first-order valence-corrected chi connectivity index (χ1v) is 10.0. The topological polar surface area (TPSA) is 83.5 Å². The van der Waals surface area contributed by atoms with E-state index < -0.39 is 17.9 Å². The molecule has 0 radical (unpaired) electrons. The second kappa shape index (κ2) is 11.1. The lowest BCUT2D eigenvalue weighted by molar-refractivity contribution is -0.141. The maximum atomic E-state index is 12.7. The van der Waals surface area contributed by atoms with Gasteiger partial charge < -0.3 is 10.4 Å². The van der Waals surface area contributed by atoms with E-state index in [1.165, 1.54) is 0 Å². The summed E-state index contributed by atoms with van der Waals surface area (Å²) < 4.78 is 0. The van der Waals surface area contributed by atoms with Gasteiger partial charge in [0.25, 0.3) is 0 Å². The molecule has 2 N–H and O–H groups in total. The Kier molecular flexibility index (Phi) is 8.49. The minimum atomic E-state index is -1.07. The van der Waals surface area contributed by atoms with E-state index in [4.69, 9.17) is 0 Å². The number of amides is 1. The third-order valence-corrected chi connectivity index (χ3v) is 4.93. The third kappa shape index (κ3) is 6.70. The number of rotatable bonds is 9. The number of aliphatic carboxylic acids is 1. The van der Waals surface area contributed by atoms with Crippen molar-refractivity contribution >= 4 is 34.8 Å². The monoisotopic (exact) mass is 397 g/mol. The van der Waals surface area contributed by atoms with Gasteiger partial charge in [0.05, 0.1) is 0 Å². The molecule has 2 aromatic rings. The van der Waals surface area contributed by atoms with Gasteiger partial charge in [-0.1, -0.05) is 85.8 Å². The fourth-order valence-electron chi connectivity index (χ4n) is 2.52. The standard InChI is InChI=1S/C22H23NO4S/c1-2-9-19(21(25)26)23-20(24)18(14-16-10-5-3-6-11-16)15-28-22(27)17-12-7-4-8-13-17/h3-8,10-14,19H,2,9,15H2,1H3,(H,23,24)(H,25,26)/b18-14-/t19-/m0/s1. The lowest BCUT2D eigenvalue weighted by Gasteiger charge is -2.15. The maximum absolute atomic E-state index is 12.7. The number of carboxylic acid groups (broad SMARTS) is 1. The van der Waals surface area contributed by atoms with Crippen LogP contribution in [0.25, 0.3) is 6.08 Å². The van der Waals surface area contributed by atoms with Crippen LogP contribution < -0.4 is 5.32 Å². The van der Waals surface area contributed by atoms with E-state index >= 15 is 0 Å². The summed E-state index contributed by atoms with van der Waals surface area (Å²) in [7, 11) is 0. The van der Waals surface area contributed by atoms with E-state index in [0.29, 0.717) is 24.0 Å². The van der Waals surface area contributed by atoms with Gasteiger partial charge in [-0.2, -0.15) is 0 Å². The predicted molar refractivity (Wildman–Crippen MR) is 112 cm³/mol. The smallest absolute Gasteiger partial charge is 0.326 e. The molecule has 0 saturated heterocycles. The Labute approximate surface area is 168 Å². The Balaban J connectivity index is 2.17. The minimum Gasteiger partial charge on any atom is -0.480 e. The normalized spacial score (nSPS) is 12.2. The molecule has 5 nitrogen and oxygen atoms in total. The average Bonchev–Trinajstić information content (AvgIpc) is 2.71. The summed E-state index contributed by atoms with van der Waals surface area (Å²) in [4.78, 5) is 36.4. The molecule has 0 aliphatic carbocycles. The van der Waals surface area contributed by atoms with Crippen molar-refractivity contribution in [1.82, 2.24) is 5.32 Å². The summed E-state index contributed by atoms with van der Waals surface area (Å²) in [6.07, 6.45) is 2.66. The van der Waals surface area contributed by atoms with Crippen molar-refractivity contribution < 1.29 is 19.5 Å². The van der Waals surface area contributed by atoms with E-state index in [0.717, 1.165) is 17.3 Å². The van der Waals surface area contributed by atoms with Crippen molar-refractivity contribution in [3.05, 3.63) is 77.4 Å². The van der Waals surface area contributed by atoms with Crippen molar-refractivity contribution in [3.8, 4) is 0 Å². The number of hydrogen-bond donors (Lipinski definition) is 2. The minimum absolute atomic E-state index is 0.143. The van der Waals surface area contributed by atoms with E-state index in [9.17, 15) is 19.5 Å². The van der Waals surface area contributed by atoms with Gasteiger partial charge in [0.1, 0.15) is 6.04 Å². The van der Waals surface area contributed by atoms with Crippen LogP contribution >= 0.6 is 11.8 Å². The molecule has 2 rings (SSSR count). The van der Waals surface area contributed by atoms with Gasteiger partial charge in [0.15, 0.2) is 0 Å². The maximum Gasteiger partial charge on any atom is 0.326 e. The van der Waals surface area contributed by atoms with Crippen LogP contribution in [0.1, 0.15) is 35.7 Å². The van der Waals surface area contributed by atoms with Crippen molar-refractivity contribution in [1.29, 1.82) is 0 Å². The Morgan fingerprint density at radius 1 is 1.04 bits per heavy atom. The molecular weight excluding hydrogens is 374 g/mol. The lowest BCUT2D eigenvalue weighted by atomic mass is 10.1. The molecule has 0 aliphatic heterocycles. The number of thioether (sulfide) groups is 1. The highest BCUT2D eigenvalue weighted by atomic mass is 32.2. The first-order chi connectivity index (χ1) is 13.5. The van der Waals surface area contributed by atoms with Crippen LogP contribution in [0.15, 0.2) is 66.2 Å². The Morgan fingerprint density at radius 2 is 1.64 bits per heavy atom. The van der Waals surface area contributed by atoms with Crippen molar-refractivity contribution in [2.75, 3.05) is 5.75 Å². The van der Waals surface area contributed by atoms with Crippen LogP contribution in [0, 0.1) is 0 Å². The lowest BCUT2D eigenvalue weighted by Crippen LogP contribution is -2.41. The van der Waals surface area contributed by atoms with Gasteiger partial charge >= 0.3 is 5.97 Å². The molecule has 0 spiro atoms. The van der Waals surface area contributed by atoms with Gasteiger partial charge in [-0.15, -0.1) is 0 Å². The number of benzene rings is 2. The van der Waals surface area contributed by atoms with E-state index in [1.54, 1.807) is 30.3 Å². The fourth-order valence-corrected chi connectivity index (χ4v) is 3.32. The number of carboxylic acids is 1. The Bertz CT molecular complexity index is 834. The molecule has 1 atom stereocenters. The van der Waals surface area contributed by atoms with Crippen LogP contribution in [-0.2, 0) is 9.59 Å². The number of carbonyl (C=O) groups is 3. The van der Waals surface area contributed by atoms with Crippen LogP contribution in [0.4, 0.5) is 0 Å². The highest BCUT2D eigenvalue weighted by Crippen LogP contribution is 2.18. The van der Waals surface area contributed by atoms with Crippen molar-refractivity contribution in [3.63, 3.8) is 0 Å². The summed E-state index contributed by atoms with van der Waals surface area (Å²) in [5.74, 6) is -1.40. The molecule has 2 aromatic carbocycles. The summed E-state index contributed by atoms with van der Waals surface area (Å²) in [5, 5.41) is 11.7. The second-order valence-electron chi connectivity index (χ2n) is 6.18. The Morgan fingerprint density at radius 3 is 2.21 bits per heavy atom. The van der Waals surface area contributed by atoms with Crippen molar-refractivity contribution in [2.24, 2.45) is 0 Å². The second-order valence-corrected chi connectivity index (χ2v) is 7.12. The average molecular weight is 397 g/mol. The van der Waals surface area contributed by atoms with Crippen LogP contribution in [-0.4, -0.2) is 33.9 Å². The van der Waals surface area contributed by atoms with Crippen LogP contribution in [0.2, 0.25) is 0 Å². The molecule has 146 valence electrons. The van der Waals surface area contributed by atoms with E-state index in [1.807, 2.05) is 43.3 Å². The zero-order chi connectivity index (χ0) is 20.4. The highest BCUT2D eigenvalue weighted by Gasteiger charge is 2.21. The fraction of sp³-hybridized carbons (Fsp3) is 0.227. The molecule has 1 amide bonds. The SMILES string of the molecule is CCC[C@H](NC(=O)/C(=C\c1ccccc1)CSC(=O)c1ccccc1)C(=O)O. The largest absolute Gasteiger partial charge is 0.480 e. The molecule has 0 aliphatic rings. The first-order valence-electron chi connectivity index (χ1n) is 9.02. The number of hydrogen-bond acceptors (Lipinski definition) is 4. The molecule has 0 aromatic heterocycles. The molecule has 0 unspecified atom stereocenters. The summed E-state index contributed by atoms with van der Waals surface area (Å²) in [5.41, 5.74) is 1.71. The Hall–Kier alpha value is -2.86. The van der Waals surface area contributed by atoms with Gasteiger partial charge in [-0.25, -0.2) is 4.79 Å². The van der Waals surface area contributed by atoms with E-state index in [2.05, 4.69) is 5.32 Å². The zero-order valence-electron chi connectivity index (χ0n) is 15.6. The van der Waals surface area contributed by atoms with Crippen molar-refractivity contribution in [2.45, 2.75) is 25.8 Å². The quantitative estimate of drug-likeness (QED) is 0.625. The van der Waals surface area contributed by atoms with E-state index in [-0.39, 0.29) is 10.9 Å². The summed E-state index contributed by atoms with van der Waals surface area (Å²) >= 11 is 1.02. The molecule has 0 saturated carbocycles. The highest BCUT2D eigenvalue weighted by molar-refractivity contribution is 8.14. The molecule has 28 heavy (non-hydrogen) atoms. The first kappa shape index (κ1) is 21.4.